The van der Waals surface area contributed by atoms with Gasteiger partial charge in [-0.25, -0.2) is 13.1 Å². The Labute approximate surface area is 156 Å². The molecule has 0 saturated heterocycles. The van der Waals surface area contributed by atoms with Crippen molar-refractivity contribution in [1.29, 1.82) is 0 Å². The highest BCUT2D eigenvalue weighted by Crippen LogP contribution is 2.43. The highest BCUT2D eigenvalue weighted by Gasteiger charge is 2.49. The maximum atomic E-state index is 12.3. The third kappa shape index (κ3) is 4.84. The van der Waals surface area contributed by atoms with Gasteiger partial charge in [0.05, 0.1) is 17.1 Å². The quantitative estimate of drug-likeness (QED) is 0.722. The van der Waals surface area contributed by atoms with Crippen molar-refractivity contribution >= 4 is 15.9 Å². The third-order valence-electron chi connectivity index (χ3n) is 5.09. The molecular weight excluding hydrogens is 352 g/mol. The van der Waals surface area contributed by atoms with Crippen LogP contribution in [0.5, 0.6) is 0 Å². The number of carbonyl (C=O) groups is 1. The van der Waals surface area contributed by atoms with E-state index >= 15 is 0 Å². The molecule has 1 fully saturated rings. The van der Waals surface area contributed by atoms with Crippen molar-refractivity contribution in [1.82, 2.24) is 10.0 Å². The van der Waals surface area contributed by atoms with Gasteiger partial charge < -0.3 is 10.1 Å². The Kier molecular flexibility index (Phi) is 6.47. The molecule has 2 N–H and O–H groups in total. The molecule has 1 amide bonds. The van der Waals surface area contributed by atoms with Crippen LogP contribution in [0.1, 0.15) is 46.1 Å². The van der Waals surface area contributed by atoms with E-state index in [1.54, 1.807) is 24.3 Å². The maximum absolute atomic E-state index is 12.3. The van der Waals surface area contributed by atoms with Gasteiger partial charge in [-0.3, -0.25) is 4.79 Å². The lowest BCUT2D eigenvalue weighted by Gasteiger charge is -2.52. The SMILES string of the molecule is CNS(=O)(=O)c1ccc(CCC(=O)N[C@@H]2C[C@@H](OC(C)C)C2(C)C)cc1. The molecule has 146 valence electrons. The second-order valence-corrected chi connectivity index (χ2v) is 9.59. The van der Waals surface area contributed by atoms with Crippen LogP contribution in [0.2, 0.25) is 0 Å². The Balaban J connectivity index is 1.83. The molecule has 1 aliphatic carbocycles. The van der Waals surface area contributed by atoms with E-state index in [9.17, 15) is 13.2 Å². The van der Waals surface area contributed by atoms with E-state index in [2.05, 4.69) is 23.9 Å². The van der Waals surface area contributed by atoms with E-state index in [4.69, 9.17) is 4.74 Å². The summed E-state index contributed by atoms with van der Waals surface area (Å²) in [5.41, 5.74) is 0.868. The number of aryl methyl sites for hydroxylation is 1. The number of hydrogen-bond acceptors (Lipinski definition) is 4. The summed E-state index contributed by atoms with van der Waals surface area (Å²) in [6, 6.07) is 6.74. The van der Waals surface area contributed by atoms with Crippen molar-refractivity contribution in [3.05, 3.63) is 29.8 Å². The van der Waals surface area contributed by atoms with Crippen molar-refractivity contribution < 1.29 is 17.9 Å². The van der Waals surface area contributed by atoms with E-state index in [1.807, 2.05) is 13.8 Å². The second-order valence-electron chi connectivity index (χ2n) is 7.70. The molecule has 2 rings (SSSR count). The summed E-state index contributed by atoms with van der Waals surface area (Å²) < 4.78 is 31.6. The number of carbonyl (C=O) groups excluding carboxylic acids is 1. The lowest BCUT2D eigenvalue weighted by Crippen LogP contribution is -2.62. The summed E-state index contributed by atoms with van der Waals surface area (Å²) >= 11 is 0. The van der Waals surface area contributed by atoms with Gasteiger partial charge in [-0.05, 0) is 51.4 Å². The normalized spacial score (nSPS) is 22.1. The van der Waals surface area contributed by atoms with Crippen molar-refractivity contribution in [2.75, 3.05) is 7.05 Å². The van der Waals surface area contributed by atoms with E-state index in [0.29, 0.717) is 12.8 Å². The fourth-order valence-electron chi connectivity index (χ4n) is 3.17. The molecule has 26 heavy (non-hydrogen) atoms. The van der Waals surface area contributed by atoms with Gasteiger partial charge in [0.25, 0.3) is 0 Å². The average molecular weight is 383 g/mol. The summed E-state index contributed by atoms with van der Waals surface area (Å²) in [5.74, 6) is 0.0120. The number of benzene rings is 1. The predicted molar refractivity (Wildman–Crippen MR) is 101 cm³/mol. The Bertz CT molecular complexity index is 726. The molecule has 1 aliphatic rings. The first-order chi connectivity index (χ1) is 12.1. The number of amides is 1. The van der Waals surface area contributed by atoms with E-state index in [1.165, 1.54) is 7.05 Å². The van der Waals surface area contributed by atoms with Gasteiger partial charge >= 0.3 is 0 Å². The molecule has 7 heteroatoms. The molecule has 2 atom stereocenters. The van der Waals surface area contributed by atoms with Crippen LogP contribution < -0.4 is 10.0 Å². The van der Waals surface area contributed by atoms with Crippen LogP contribution in [0, 0.1) is 5.41 Å². The highest BCUT2D eigenvalue weighted by molar-refractivity contribution is 7.89. The Morgan fingerprint density at radius 2 is 1.88 bits per heavy atom. The Hall–Kier alpha value is -1.44. The van der Waals surface area contributed by atoms with Gasteiger partial charge in [0, 0.05) is 17.9 Å². The number of hydrogen-bond donors (Lipinski definition) is 2. The van der Waals surface area contributed by atoms with Gasteiger partial charge in [-0.15, -0.1) is 0 Å². The molecule has 0 aromatic heterocycles. The lowest BCUT2D eigenvalue weighted by atomic mass is 9.64. The second kappa shape index (κ2) is 8.06. The van der Waals surface area contributed by atoms with Crippen molar-refractivity contribution in [2.24, 2.45) is 5.41 Å². The first kappa shape index (κ1) is 20.9. The zero-order chi connectivity index (χ0) is 19.5. The minimum atomic E-state index is -3.43. The molecule has 0 radical (unpaired) electrons. The van der Waals surface area contributed by atoms with Gasteiger partial charge in [0.1, 0.15) is 0 Å². The highest BCUT2D eigenvalue weighted by atomic mass is 32.2. The summed E-state index contributed by atoms with van der Waals surface area (Å²) in [5, 5.41) is 3.10. The molecule has 0 unspecified atom stereocenters. The summed E-state index contributed by atoms with van der Waals surface area (Å²) in [7, 11) is -2.04. The number of nitrogens with one attached hydrogen (secondary N) is 2. The molecule has 6 nitrogen and oxygen atoms in total. The van der Waals surface area contributed by atoms with Crippen LogP contribution in [0.15, 0.2) is 29.2 Å². The van der Waals surface area contributed by atoms with Crippen LogP contribution in [0.3, 0.4) is 0 Å². The molecule has 0 spiro atoms. The largest absolute Gasteiger partial charge is 0.375 e. The van der Waals surface area contributed by atoms with Gasteiger partial charge in [-0.1, -0.05) is 26.0 Å². The van der Waals surface area contributed by atoms with E-state index < -0.39 is 10.0 Å². The number of ether oxygens (including phenoxy) is 1. The average Bonchev–Trinajstić information content (AvgIpc) is 2.59. The fourth-order valence-corrected chi connectivity index (χ4v) is 3.90. The zero-order valence-corrected chi connectivity index (χ0v) is 17.0. The monoisotopic (exact) mass is 382 g/mol. The summed E-state index contributed by atoms with van der Waals surface area (Å²) in [6.07, 6.45) is 2.15. The molecule has 1 saturated carbocycles. The minimum absolute atomic E-state index is 0.0120. The molecule has 1 aromatic rings. The minimum Gasteiger partial charge on any atom is -0.375 e. The smallest absolute Gasteiger partial charge is 0.240 e. The first-order valence-corrected chi connectivity index (χ1v) is 10.5. The van der Waals surface area contributed by atoms with Gasteiger partial charge in [0.2, 0.25) is 15.9 Å². The molecular formula is C19H30N2O4S. The Morgan fingerprint density at radius 1 is 1.27 bits per heavy atom. The van der Waals surface area contributed by atoms with Crippen molar-refractivity contribution in [2.45, 2.75) is 70.1 Å². The molecule has 0 bridgehead atoms. The number of rotatable bonds is 8. The van der Waals surface area contributed by atoms with Gasteiger partial charge in [0.15, 0.2) is 0 Å². The van der Waals surface area contributed by atoms with Crippen LogP contribution in [0.4, 0.5) is 0 Å². The first-order valence-electron chi connectivity index (χ1n) is 9.03. The number of sulfonamides is 1. The summed E-state index contributed by atoms with van der Waals surface area (Å²) in [6.45, 7) is 8.29. The molecule has 0 heterocycles. The molecule has 1 aromatic carbocycles. The van der Waals surface area contributed by atoms with E-state index in [-0.39, 0.29) is 34.5 Å². The van der Waals surface area contributed by atoms with Crippen LogP contribution >= 0.6 is 0 Å². The van der Waals surface area contributed by atoms with Gasteiger partial charge in [-0.2, -0.15) is 0 Å². The zero-order valence-electron chi connectivity index (χ0n) is 16.2. The van der Waals surface area contributed by atoms with Crippen LogP contribution in [0.25, 0.3) is 0 Å². The standard InChI is InChI=1S/C19H30N2O4S/c1-13(2)25-17-12-16(19(17,3)4)21-18(22)11-8-14-6-9-15(10-7-14)26(23,24)20-5/h6-7,9-10,13,16-17,20H,8,11-12H2,1-5H3,(H,21,22)/t16-,17-/m1/s1. The summed E-state index contributed by atoms with van der Waals surface area (Å²) in [4.78, 5) is 12.5. The molecule has 0 aliphatic heterocycles. The van der Waals surface area contributed by atoms with Crippen molar-refractivity contribution in [3.63, 3.8) is 0 Å². The van der Waals surface area contributed by atoms with Crippen LogP contribution in [-0.2, 0) is 26.0 Å². The Morgan fingerprint density at radius 3 is 2.38 bits per heavy atom. The lowest BCUT2D eigenvalue weighted by molar-refractivity contribution is -0.148. The fraction of sp³-hybridized carbons (Fsp3) is 0.632. The van der Waals surface area contributed by atoms with E-state index in [0.717, 1.165) is 12.0 Å². The topological polar surface area (TPSA) is 84.5 Å². The predicted octanol–water partition coefficient (Wildman–Crippen LogP) is 2.24. The van der Waals surface area contributed by atoms with Crippen molar-refractivity contribution in [3.8, 4) is 0 Å². The third-order valence-corrected chi connectivity index (χ3v) is 6.52. The van der Waals surface area contributed by atoms with Crippen LogP contribution in [-0.4, -0.2) is 39.6 Å². The maximum Gasteiger partial charge on any atom is 0.240 e.